The third-order valence-corrected chi connectivity index (χ3v) is 2.35. The fourth-order valence-electron chi connectivity index (χ4n) is 1.37. The molecule has 0 heterocycles. The Morgan fingerprint density at radius 3 is 2.50 bits per heavy atom. The number of alkyl halides is 3. The normalized spacial score (nSPS) is 12.4. The maximum Gasteiger partial charge on any atom is 0.416 e. The average Bonchev–Trinajstić information content (AvgIpc) is 2.36. The summed E-state index contributed by atoms with van der Waals surface area (Å²) in [5.41, 5.74) is -0.911. The zero-order valence-electron chi connectivity index (χ0n) is 10.7. The number of hydrogen-bond acceptors (Lipinski definition) is 3. The van der Waals surface area contributed by atoms with E-state index in [-0.39, 0.29) is 5.69 Å². The molecule has 0 saturated heterocycles. The van der Waals surface area contributed by atoms with Gasteiger partial charge in [0.2, 0.25) is 0 Å². The summed E-state index contributed by atoms with van der Waals surface area (Å²) in [4.78, 5) is 22.6. The van der Waals surface area contributed by atoms with Gasteiger partial charge in [-0.3, -0.25) is 0 Å². The summed E-state index contributed by atoms with van der Waals surface area (Å²) in [5.74, 6) is -0.663. The first kappa shape index (κ1) is 15.8. The van der Waals surface area contributed by atoms with Gasteiger partial charge < -0.3 is 15.4 Å². The van der Waals surface area contributed by atoms with Gasteiger partial charge in [-0.1, -0.05) is 6.07 Å². The third kappa shape index (κ3) is 4.45. The Morgan fingerprint density at radius 1 is 1.30 bits per heavy atom. The lowest BCUT2D eigenvalue weighted by atomic mass is 10.2. The van der Waals surface area contributed by atoms with Crippen LogP contribution >= 0.6 is 0 Å². The van der Waals surface area contributed by atoms with Crippen molar-refractivity contribution in [2.75, 3.05) is 12.4 Å². The molecule has 2 N–H and O–H groups in total. The van der Waals surface area contributed by atoms with Gasteiger partial charge in [0.1, 0.15) is 6.04 Å². The number of nitrogens with one attached hydrogen (secondary N) is 2. The first-order chi connectivity index (χ1) is 9.24. The van der Waals surface area contributed by atoms with Crippen LogP contribution in [0.25, 0.3) is 0 Å². The highest BCUT2D eigenvalue weighted by atomic mass is 19.4. The number of amides is 2. The van der Waals surface area contributed by atoms with E-state index in [1.54, 1.807) is 0 Å². The highest BCUT2D eigenvalue weighted by Crippen LogP contribution is 2.30. The summed E-state index contributed by atoms with van der Waals surface area (Å²) in [6.45, 7) is 1.39. The molecular formula is C12H13F3N2O3. The molecule has 0 spiro atoms. The number of halogens is 3. The molecule has 2 amide bonds. The summed E-state index contributed by atoms with van der Waals surface area (Å²) >= 11 is 0. The lowest BCUT2D eigenvalue weighted by Crippen LogP contribution is -2.41. The van der Waals surface area contributed by atoms with E-state index in [1.165, 1.54) is 19.1 Å². The van der Waals surface area contributed by atoms with Crippen LogP contribution in [-0.4, -0.2) is 25.2 Å². The summed E-state index contributed by atoms with van der Waals surface area (Å²) in [7, 11) is 1.16. The third-order valence-electron chi connectivity index (χ3n) is 2.35. The Labute approximate surface area is 113 Å². The van der Waals surface area contributed by atoms with Gasteiger partial charge in [-0.25, -0.2) is 9.59 Å². The van der Waals surface area contributed by atoms with E-state index in [4.69, 9.17) is 0 Å². The molecule has 1 aromatic rings. The van der Waals surface area contributed by atoms with Crippen LogP contribution in [0.4, 0.5) is 23.7 Å². The molecule has 0 fully saturated rings. The van der Waals surface area contributed by atoms with Gasteiger partial charge in [0.25, 0.3) is 0 Å². The molecule has 0 aliphatic rings. The van der Waals surface area contributed by atoms with E-state index in [0.717, 1.165) is 19.2 Å². The number of carbonyl (C=O) groups is 2. The molecule has 1 rings (SSSR count). The van der Waals surface area contributed by atoms with Crippen molar-refractivity contribution in [3.8, 4) is 0 Å². The molecule has 0 aliphatic carbocycles. The molecule has 0 aromatic heterocycles. The van der Waals surface area contributed by atoms with E-state index < -0.39 is 29.8 Å². The smallest absolute Gasteiger partial charge is 0.416 e. The van der Waals surface area contributed by atoms with Crippen LogP contribution in [0.15, 0.2) is 24.3 Å². The summed E-state index contributed by atoms with van der Waals surface area (Å²) < 4.78 is 41.8. The molecule has 8 heteroatoms. The Balaban J connectivity index is 2.69. The standard InChI is InChI=1S/C12H13F3N2O3/c1-7(10(18)20-2)16-11(19)17-9-5-3-4-8(6-9)12(13,14)15/h3-7H,1-2H3,(H2,16,17,19)/t7-/m1/s1. The minimum atomic E-state index is -4.49. The summed E-state index contributed by atoms with van der Waals surface area (Å²) in [5, 5.41) is 4.44. The van der Waals surface area contributed by atoms with Crippen LogP contribution in [-0.2, 0) is 15.7 Å². The van der Waals surface area contributed by atoms with Gasteiger partial charge in [-0.05, 0) is 25.1 Å². The molecule has 0 bridgehead atoms. The minimum absolute atomic E-state index is 0.0330. The Kier molecular flexibility index (Phi) is 4.95. The van der Waals surface area contributed by atoms with Crippen molar-refractivity contribution in [1.29, 1.82) is 0 Å². The number of esters is 1. The molecule has 0 radical (unpaired) electrons. The molecule has 110 valence electrons. The van der Waals surface area contributed by atoms with Crippen molar-refractivity contribution < 1.29 is 27.5 Å². The second-order valence-electron chi connectivity index (χ2n) is 3.92. The molecule has 0 saturated carbocycles. The van der Waals surface area contributed by atoms with Crippen molar-refractivity contribution in [3.05, 3.63) is 29.8 Å². The van der Waals surface area contributed by atoms with Gasteiger partial charge in [0.05, 0.1) is 12.7 Å². The summed E-state index contributed by atoms with van der Waals surface area (Å²) in [6, 6.07) is 2.44. The molecule has 1 atom stereocenters. The maximum absolute atomic E-state index is 12.5. The SMILES string of the molecule is COC(=O)[C@@H](C)NC(=O)Nc1cccc(C(F)(F)F)c1. The van der Waals surface area contributed by atoms with Crippen LogP contribution in [0, 0.1) is 0 Å². The van der Waals surface area contributed by atoms with Crippen LogP contribution in [0.2, 0.25) is 0 Å². The van der Waals surface area contributed by atoms with Crippen LogP contribution in [0.5, 0.6) is 0 Å². The van der Waals surface area contributed by atoms with Gasteiger partial charge in [-0.15, -0.1) is 0 Å². The zero-order chi connectivity index (χ0) is 15.3. The van der Waals surface area contributed by atoms with Crippen molar-refractivity contribution in [1.82, 2.24) is 5.32 Å². The maximum atomic E-state index is 12.5. The fourth-order valence-corrected chi connectivity index (χ4v) is 1.37. The Morgan fingerprint density at radius 2 is 1.95 bits per heavy atom. The molecule has 0 aliphatic heterocycles. The largest absolute Gasteiger partial charge is 0.467 e. The van der Waals surface area contributed by atoms with Gasteiger partial charge in [-0.2, -0.15) is 13.2 Å². The van der Waals surface area contributed by atoms with Gasteiger partial charge in [0.15, 0.2) is 0 Å². The topological polar surface area (TPSA) is 67.4 Å². The van der Waals surface area contributed by atoms with Gasteiger partial charge >= 0.3 is 18.2 Å². The molecule has 20 heavy (non-hydrogen) atoms. The number of hydrogen-bond donors (Lipinski definition) is 2. The molecule has 1 aromatic carbocycles. The van der Waals surface area contributed by atoms with Crippen LogP contribution < -0.4 is 10.6 Å². The number of methoxy groups -OCH3 is 1. The predicted octanol–water partition coefficient (Wildman–Crippen LogP) is 2.39. The second-order valence-corrected chi connectivity index (χ2v) is 3.92. The number of rotatable bonds is 3. The predicted molar refractivity (Wildman–Crippen MR) is 65.1 cm³/mol. The van der Waals surface area contributed by atoms with E-state index in [0.29, 0.717) is 0 Å². The van der Waals surface area contributed by atoms with Crippen molar-refractivity contribution in [3.63, 3.8) is 0 Å². The summed E-state index contributed by atoms with van der Waals surface area (Å²) in [6.07, 6.45) is -4.49. The number of carbonyl (C=O) groups excluding carboxylic acids is 2. The minimum Gasteiger partial charge on any atom is -0.467 e. The van der Waals surface area contributed by atoms with Crippen molar-refractivity contribution >= 4 is 17.7 Å². The first-order valence-electron chi connectivity index (χ1n) is 5.56. The highest BCUT2D eigenvalue weighted by Gasteiger charge is 2.30. The van der Waals surface area contributed by atoms with Crippen LogP contribution in [0.1, 0.15) is 12.5 Å². The highest BCUT2D eigenvalue weighted by molar-refractivity contribution is 5.92. The lowest BCUT2D eigenvalue weighted by molar-refractivity contribution is -0.142. The zero-order valence-corrected chi connectivity index (χ0v) is 10.7. The Hall–Kier alpha value is -2.25. The second kappa shape index (κ2) is 6.27. The quantitative estimate of drug-likeness (QED) is 0.840. The number of ether oxygens (including phenoxy) is 1. The van der Waals surface area contributed by atoms with Gasteiger partial charge in [0, 0.05) is 5.69 Å². The van der Waals surface area contributed by atoms with Crippen molar-refractivity contribution in [2.45, 2.75) is 19.1 Å². The monoisotopic (exact) mass is 290 g/mol. The fraction of sp³-hybridized carbons (Fsp3) is 0.333. The molecular weight excluding hydrogens is 277 g/mol. The molecule has 0 unspecified atom stereocenters. The van der Waals surface area contributed by atoms with E-state index in [1.807, 2.05) is 0 Å². The van der Waals surface area contributed by atoms with Crippen LogP contribution in [0.3, 0.4) is 0 Å². The number of urea groups is 1. The van der Waals surface area contributed by atoms with E-state index >= 15 is 0 Å². The number of anilines is 1. The molecule has 5 nitrogen and oxygen atoms in total. The Bertz CT molecular complexity index is 503. The van der Waals surface area contributed by atoms with E-state index in [9.17, 15) is 22.8 Å². The number of benzene rings is 1. The average molecular weight is 290 g/mol. The van der Waals surface area contributed by atoms with Crippen molar-refractivity contribution in [2.24, 2.45) is 0 Å². The van der Waals surface area contributed by atoms with E-state index in [2.05, 4.69) is 15.4 Å². The lowest BCUT2D eigenvalue weighted by Gasteiger charge is -2.13. The first-order valence-corrected chi connectivity index (χ1v) is 5.56.